The molecule has 1 aromatic carbocycles. The summed E-state index contributed by atoms with van der Waals surface area (Å²) in [6.07, 6.45) is 1.89. The van der Waals surface area contributed by atoms with Crippen molar-refractivity contribution >= 4 is 18.2 Å². The predicted octanol–water partition coefficient (Wildman–Crippen LogP) is 2.57. The second kappa shape index (κ2) is 7.92. The Morgan fingerprint density at radius 3 is 1.94 bits per heavy atom. The number of carboxylic acids is 1. The number of hydrogen-bond donors (Lipinski definition) is 3. The monoisotopic (exact) mass is 238 g/mol. The molecule has 0 heterocycles. The highest BCUT2D eigenvalue weighted by atomic mass is 16.6. The first-order chi connectivity index (χ1) is 7.95. The third-order valence-corrected chi connectivity index (χ3v) is 1.81. The maximum Gasteiger partial charge on any atom is 0.503 e. The van der Waals surface area contributed by atoms with Gasteiger partial charge in [0.1, 0.15) is 0 Å². The van der Waals surface area contributed by atoms with Gasteiger partial charge in [0.05, 0.1) is 0 Å². The molecule has 0 unspecified atom stereocenters. The lowest BCUT2D eigenvalue weighted by Crippen LogP contribution is -1.85. The van der Waals surface area contributed by atoms with E-state index in [-0.39, 0.29) is 0 Å². The Balaban J connectivity index is 0.000000557. The van der Waals surface area contributed by atoms with E-state index in [0.717, 1.165) is 18.1 Å². The second-order valence-electron chi connectivity index (χ2n) is 3.05. The van der Waals surface area contributed by atoms with Gasteiger partial charge in [-0.2, -0.15) is 0 Å². The molecule has 0 aliphatic rings. The first-order valence-electron chi connectivity index (χ1n) is 4.87. The highest BCUT2D eigenvalue weighted by Crippen LogP contribution is 2.06. The van der Waals surface area contributed by atoms with Crippen molar-refractivity contribution in [1.29, 1.82) is 0 Å². The largest absolute Gasteiger partial charge is 0.503 e. The van der Waals surface area contributed by atoms with Crippen LogP contribution < -0.4 is 0 Å². The van der Waals surface area contributed by atoms with Crippen LogP contribution in [-0.4, -0.2) is 27.4 Å². The molecular weight excluding hydrogens is 224 g/mol. The third kappa shape index (κ3) is 8.68. The Morgan fingerprint density at radius 1 is 1.12 bits per heavy atom. The normalized spacial score (nSPS) is 9.47. The number of rotatable bonds is 3. The summed E-state index contributed by atoms with van der Waals surface area (Å²) in [5.74, 6) is -0.917. The highest BCUT2D eigenvalue weighted by Gasteiger charge is 1.90. The fourth-order valence-corrected chi connectivity index (χ4v) is 1.03. The van der Waals surface area contributed by atoms with Crippen molar-refractivity contribution in [3.63, 3.8) is 0 Å². The molecule has 0 aliphatic heterocycles. The Hall–Kier alpha value is -2.30. The SMILES string of the molecule is CCc1ccc(C=CC(=O)O)cc1.O=C(O)O. The van der Waals surface area contributed by atoms with Crippen molar-refractivity contribution < 1.29 is 24.9 Å². The number of benzene rings is 1. The van der Waals surface area contributed by atoms with E-state index in [0.29, 0.717) is 0 Å². The summed E-state index contributed by atoms with van der Waals surface area (Å²) in [4.78, 5) is 18.8. The van der Waals surface area contributed by atoms with Crippen LogP contribution in [0.1, 0.15) is 18.1 Å². The van der Waals surface area contributed by atoms with Crippen molar-refractivity contribution in [2.45, 2.75) is 13.3 Å². The van der Waals surface area contributed by atoms with E-state index in [1.807, 2.05) is 24.3 Å². The lowest BCUT2D eigenvalue weighted by atomic mass is 10.1. The highest BCUT2D eigenvalue weighted by molar-refractivity contribution is 5.85. The maximum atomic E-state index is 10.2. The van der Waals surface area contributed by atoms with Crippen LogP contribution >= 0.6 is 0 Å². The van der Waals surface area contributed by atoms with Gasteiger partial charge in [0.2, 0.25) is 0 Å². The van der Waals surface area contributed by atoms with Crippen LogP contribution in [0.4, 0.5) is 4.79 Å². The van der Waals surface area contributed by atoms with Crippen molar-refractivity contribution in [3.05, 3.63) is 41.5 Å². The van der Waals surface area contributed by atoms with Gasteiger partial charge in [-0.1, -0.05) is 31.2 Å². The Labute approximate surface area is 98.6 Å². The first kappa shape index (κ1) is 14.7. The summed E-state index contributed by atoms with van der Waals surface area (Å²) < 4.78 is 0. The van der Waals surface area contributed by atoms with E-state index in [1.165, 1.54) is 5.56 Å². The van der Waals surface area contributed by atoms with Gasteiger partial charge in [-0.25, -0.2) is 9.59 Å². The van der Waals surface area contributed by atoms with Gasteiger partial charge in [0, 0.05) is 6.08 Å². The minimum atomic E-state index is -1.83. The molecule has 0 bridgehead atoms. The van der Waals surface area contributed by atoms with Gasteiger partial charge in [-0.05, 0) is 23.6 Å². The molecule has 17 heavy (non-hydrogen) atoms. The molecular formula is C12H14O5. The maximum absolute atomic E-state index is 10.2. The summed E-state index contributed by atoms with van der Waals surface area (Å²) in [7, 11) is 0. The molecule has 5 heteroatoms. The molecule has 92 valence electrons. The molecule has 0 amide bonds. The second-order valence-corrected chi connectivity index (χ2v) is 3.05. The van der Waals surface area contributed by atoms with E-state index < -0.39 is 12.1 Å². The van der Waals surface area contributed by atoms with Crippen LogP contribution in [0.5, 0.6) is 0 Å². The average Bonchev–Trinajstić information content (AvgIpc) is 2.26. The Kier molecular flexibility index (Phi) is 6.85. The molecule has 0 aromatic heterocycles. The molecule has 1 rings (SSSR count). The van der Waals surface area contributed by atoms with Gasteiger partial charge in [-0.15, -0.1) is 0 Å². The Morgan fingerprint density at radius 2 is 1.59 bits per heavy atom. The minimum absolute atomic E-state index is 0.916. The first-order valence-corrected chi connectivity index (χ1v) is 4.87. The van der Waals surface area contributed by atoms with Crippen LogP contribution in [0, 0.1) is 0 Å². The van der Waals surface area contributed by atoms with Crippen LogP contribution in [0.2, 0.25) is 0 Å². The van der Waals surface area contributed by atoms with E-state index in [9.17, 15) is 4.79 Å². The lowest BCUT2D eigenvalue weighted by Gasteiger charge is -1.96. The molecule has 0 radical (unpaired) electrons. The van der Waals surface area contributed by atoms with Crippen LogP contribution in [-0.2, 0) is 11.2 Å². The van der Waals surface area contributed by atoms with Gasteiger partial charge in [0.25, 0.3) is 0 Å². The van der Waals surface area contributed by atoms with Gasteiger partial charge >= 0.3 is 12.1 Å². The van der Waals surface area contributed by atoms with Crippen LogP contribution in [0.15, 0.2) is 30.3 Å². The fraction of sp³-hybridized carbons (Fsp3) is 0.167. The number of aliphatic carboxylic acids is 1. The number of carbonyl (C=O) groups is 2. The number of aryl methyl sites for hydroxylation is 1. The zero-order chi connectivity index (χ0) is 13.3. The average molecular weight is 238 g/mol. The summed E-state index contributed by atoms with van der Waals surface area (Å²) in [5.41, 5.74) is 2.17. The summed E-state index contributed by atoms with van der Waals surface area (Å²) in [6, 6.07) is 7.83. The van der Waals surface area contributed by atoms with Gasteiger partial charge < -0.3 is 15.3 Å². The number of hydrogen-bond acceptors (Lipinski definition) is 2. The van der Waals surface area contributed by atoms with Crippen LogP contribution in [0.25, 0.3) is 6.08 Å². The summed E-state index contributed by atoms with van der Waals surface area (Å²) in [5, 5.41) is 22.3. The van der Waals surface area contributed by atoms with Crippen LogP contribution in [0.3, 0.4) is 0 Å². The summed E-state index contributed by atoms with van der Waals surface area (Å²) >= 11 is 0. The fourth-order valence-electron chi connectivity index (χ4n) is 1.03. The smallest absolute Gasteiger partial charge is 0.478 e. The third-order valence-electron chi connectivity index (χ3n) is 1.81. The quantitative estimate of drug-likeness (QED) is 0.703. The molecule has 0 saturated heterocycles. The molecule has 5 nitrogen and oxygen atoms in total. The van der Waals surface area contributed by atoms with Crippen molar-refractivity contribution in [3.8, 4) is 0 Å². The zero-order valence-electron chi connectivity index (χ0n) is 9.33. The summed E-state index contributed by atoms with van der Waals surface area (Å²) in [6.45, 7) is 2.09. The van der Waals surface area contributed by atoms with E-state index in [4.69, 9.17) is 20.1 Å². The van der Waals surface area contributed by atoms with Gasteiger partial charge in [-0.3, -0.25) is 0 Å². The van der Waals surface area contributed by atoms with E-state index >= 15 is 0 Å². The van der Waals surface area contributed by atoms with Crippen molar-refractivity contribution in [2.75, 3.05) is 0 Å². The minimum Gasteiger partial charge on any atom is -0.478 e. The lowest BCUT2D eigenvalue weighted by molar-refractivity contribution is -0.131. The molecule has 0 aliphatic carbocycles. The van der Waals surface area contributed by atoms with E-state index in [1.54, 1.807) is 6.08 Å². The molecule has 0 atom stereocenters. The van der Waals surface area contributed by atoms with Crippen molar-refractivity contribution in [1.82, 2.24) is 0 Å². The standard InChI is InChI=1S/C11H12O2.CH2O3/c1-2-9-3-5-10(6-4-9)7-8-11(12)13;2-1(3)4/h3-8H,2H2,1H3,(H,12,13);(H2,2,3,4). The number of carboxylic acid groups (broad SMARTS) is 3. The topological polar surface area (TPSA) is 94.8 Å². The molecule has 3 N–H and O–H groups in total. The molecule has 0 saturated carbocycles. The zero-order valence-corrected chi connectivity index (χ0v) is 9.33. The molecule has 1 aromatic rings. The Bertz CT molecular complexity index is 388. The van der Waals surface area contributed by atoms with Gasteiger partial charge in [0.15, 0.2) is 0 Å². The molecule has 0 fully saturated rings. The predicted molar refractivity (Wildman–Crippen MR) is 63.1 cm³/mol. The molecule has 0 spiro atoms. The van der Waals surface area contributed by atoms with E-state index in [2.05, 4.69) is 6.92 Å². The van der Waals surface area contributed by atoms with Crippen molar-refractivity contribution in [2.24, 2.45) is 0 Å².